The highest BCUT2D eigenvalue weighted by molar-refractivity contribution is 5.98. The Morgan fingerprint density at radius 2 is 1.75 bits per heavy atom. The van der Waals surface area contributed by atoms with Gasteiger partial charge in [0.2, 0.25) is 6.79 Å². The summed E-state index contributed by atoms with van der Waals surface area (Å²) in [6.45, 7) is 0.222. The van der Waals surface area contributed by atoms with Crippen LogP contribution in [0, 0.1) is 0 Å². The van der Waals surface area contributed by atoms with E-state index in [0.29, 0.717) is 23.3 Å². The second-order valence-corrected chi connectivity index (χ2v) is 8.48. The molecule has 32 heavy (non-hydrogen) atoms. The molecule has 1 fully saturated rings. The van der Waals surface area contributed by atoms with E-state index in [1.165, 1.54) is 0 Å². The molecule has 1 saturated carbocycles. The fourth-order valence-corrected chi connectivity index (χ4v) is 4.49. The van der Waals surface area contributed by atoms with Gasteiger partial charge in [-0.3, -0.25) is 4.79 Å². The summed E-state index contributed by atoms with van der Waals surface area (Å²) in [5, 5.41) is 3.20. The van der Waals surface area contributed by atoms with Crippen LogP contribution in [0.5, 0.6) is 11.5 Å². The predicted molar refractivity (Wildman–Crippen MR) is 116 cm³/mol. The number of ether oxygens (including phenoxy) is 3. The van der Waals surface area contributed by atoms with Crippen LogP contribution in [0.2, 0.25) is 0 Å². The number of fused-ring (bicyclic) bond motifs is 2. The van der Waals surface area contributed by atoms with E-state index in [2.05, 4.69) is 5.32 Å². The average Bonchev–Trinajstić information content (AvgIpc) is 3.45. The molecule has 0 spiro atoms. The van der Waals surface area contributed by atoms with Crippen molar-refractivity contribution in [2.24, 2.45) is 0 Å². The Kier molecular flexibility index (Phi) is 4.21. The summed E-state index contributed by atoms with van der Waals surface area (Å²) in [6, 6.07) is 20.7. The highest BCUT2D eigenvalue weighted by Crippen LogP contribution is 2.48. The van der Waals surface area contributed by atoms with E-state index in [9.17, 15) is 9.59 Å². The van der Waals surface area contributed by atoms with Crippen LogP contribution in [0.4, 0.5) is 0 Å². The molecular weight excluding hydrogens is 406 g/mol. The second-order valence-electron chi connectivity index (χ2n) is 8.48. The Bertz CT molecular complexity index is 1230. The number of amides is 1. The number of rotatable bonds is 4. The lowest BCUT2D eigenvalue weighted by Crippen LogP contribution is -2.35. The van der Waals surface area contributed by atoms with Crippen LogP contribution in [-0.2, 0) is 16.7 Å². The largest absolute Gasteiger partial charge is 0.454 e. The van der Waals surface area contributed by atoms with E-state index in [0.717, 1.165) is 35.3 Å². The third-order valence-electron chi connectivity index (χ3n) is 6.44. The van der Waals surface area contributed by atoms with Crippen LogP contribution in [0.1, 0.15) is 56.4 Å². The third kappa shape index (κ3) is 3.19. The van der Waals surface area contributed by atoms with Gasteiger partial charge in [0.1, 0.15) is 6.10 Å². The number of hydrogen-bond acceptors (Lipinski definition) is 5. The van der Waals surface area contributed by atoms with Crippen LogP contribution in [0.3, 0.4) is 0 Å². The number of cyclic esters (lactones) is 1. The molecule has 6 heteroatoms. The van der Waals surface area contributed by atoms with Gasteiger partial charge in [-0.05, 0) is 59.9 Å². The molecule has 2 aliphatic heterocycles. The van der Waals surface area contributed by atoms with Crippen molar-refractivity contribution in [3.8, 4) is 11.5 Å². The summed E-state index contributed by atoms with van der Waals surface area (Å²) in [5.41, 5.74) is 3.46. The predicted octanol–water partition coefficient (Wildman–Crippen LogP) is 4.29. The molecule has 0 saturated heterocycles. The summed E-state index contributed by atoms with van der Waals surface area (Å²) in [5.74, 6) is 0.928. The van der Waals surface area contributed by atoms with Crippen LogP contribution in [0.15, 0.2) is 66.7 Å². The molecule has 0 radical (unpaired) electrons. The fourth-order valence-electron chi connectivity index (χ4n) is 4.49. The van der Waals surface area contributed by atoms with Crippen LogP contribution < -0.4 is 14.8 Å². The molecule has 1 N–H and O–H groups in total. The Morgan fingerprint density at radius 3 is 2.56 bits per heavy atom. The first kappa shape index (κ1) is 18.9. The van der Waals surface area contributed by atoms with E-state index in [1.807, 2.05) is 54.6 Å². The van der Waals surface area contributed by atoms with Gasteiger partial charge >= 0.3 is 5.97 Å². The van der Waals surface area contributed by atoms with Crippen molar-refractivity contribution in [3.63, 3.8) is 0 Å². The van der Waals surface area contributed by atoms with Gasteiger partial charge in [0.05, 0.1) is 11.1 Å². The Labute approximate surface area is 185 Å². The van der Waals surface area contributed by atoms with Gasteiger partial charge in [0.15, 0.2) is 11.5 Å². The Morgan fingerprint density at radius 1 is 0.938 bits per heavy atom. The van der Waals surface area contributed by atoms with Gasteiger partial charge in [0, 0.05) is 12.0 Å². The molecule has 1 aliphatic carbocycles. The highest BCUT2D eigenvalue weighted by atomic mass is 16.7. The Hall–Kier alpha value is -3.80. The van der Waals surface area contributed by atoms with E-state index < -0.39 is 0 Å². The monoisotopic (exact) mass is 427 g/mol. The first-order chi connectivity index (χ1) is 15.6. The summed E-state index contributed by atoms with van der Waals surface area (Å²) in [6.07, 6.45) is 1.93. The third-order valence-corrected chi connectivity index (χ3v) is 6.44. The number of carbonyl (C=O) groups is 2. The number of nitrogens with one attached hydrogen (secondary N) is 1. The molecule has 160 valence electrons. The van der Waals surface area contributed by atoms with Crippen LogP contribution in [0.25, 0.3) is 0 Å². The maximum absolute atomic E-state index is 13.1. The quantitative estimate of drug-likeness (QED) is 0.629. The SMILES string of the molecule is O=C(NC1(c2ccc3c(c2)OCO3)CC1)c1ccc2c(c1)CC(c1ccccc1)OC2=O. The molecule has 6 nitrogen and oxygen atoms in total. The highest BCUT2D eigenvalue weighted by Gasteiger charge is 2.46. The van der Waals surface area contributed by atoms with Gasteiger partial charge in [-0.25, -0.2) is 4.79 Å². The van der Waals surface area contributed by atoms with Gasteiger partial charge in [0.25, 0.3) is 5.91 Å². The van der Waals surface area contributed by atoms with Gasteiger partial charge < -0.3 is 19.5 Å². The van der Waals surface area contributed by atoms with Crippen molar-refractivity contribution < 1.29 is 23.8 Å². The van der Waals surface area contributed by atoms with E-state index in [1.54, 1.807) is 12.1 Å². The first-order valence-corrected chi connectivity index (χ1v) is 10.7. The number of hydrogen-bond donors (Lipinski definition) is 1. The van der Waals surface area contributed by atoms with Crippen molar-refractivity contribution in [1.29, 1.82) is 0 Å². The zero-order valence-corrected chi connectivity index (χ0v) is 17.3. The molecule has 1 atom stereocenters. The van der Waals surface area contributed by atoms with Crippen molar-refractivity contribution in [1.82, 2.24) is 5.32 Å². The molecule has 3 aromatic rings. The maximum Gasteiger partial charge on any atom is 0.339 e. The lowest BCUT2D eigenvalue weighted by molar-refractivity contribution is 0.0252. The second kappa shape index (κ2) is 7.12. The zero-order valence-electron chi connectivity index (χ0n) is 17.3. The lowest BCUT2D eigenvalue weighted by atomic mass is 9.93. The molecule has 1 unspecified atom stereocenters. The lowest BCUT2D eigenvalue weighted by Gasteiger charge is -2.25. The average molecular weight is 427 g/mol. The minimum absolute atomic E-state index is 0.154. The minimum atomic E-state index is -0.389. The Balaban J connectivity index is 1.24. The molecule has 6 rings (SSSR count). The summed E-state index contributed by atoms with van der Waals surface area (Å²) >= 11 is 0. The standard InChI is InChI=1S/C26H21NO5/c28-24(27-26(10-11-26)19-7-9-21-23(14-19)31-15-30-21)17-6-8-20-18(12-17)13-22(32-25(20)29)16-4-2-1-3-5-16/h1-9,12,14,22H,10-11,13,15H2,(H,27,28). The zero-order chi connectivity index (χ0) is 21.7. The summed E-state index contributed by atoms with van der Waals surface area (Å²) < 4.78 is 16.5. The van der Waals surface area contributed by atoms with E-state index >= 15 is 0 Å². The first-order valence-electron chi connectivity index (χ1n) is 10.7. The van der Waals surface area contributed by atoms with Crippen LogP contribution >= 0.6 is 0 Å². The van der Waals surface area contributed by atoms with E-state index in [4.69, 9.17) is 14.2 Å². The topological polar surface area (TPSA) is 73.9 Å². The van der Waals surface area contributed by atoms with Crippen molar-refractivity contribution in [2.45, 2.75) is 30.9 Å². The van der Waals surface area contributed by atoms with E-state index in [-0.39, 0.29) is 30.3 Å². The summed E-state index contributed by atoms with van der Waals surface area (Å²) in [7, 11) is 0. The maximum atomic E-state index is 13.1. The smallest absolute Gasteiger partial charge is 0.339 e. The van der Waals surface area contributed by atoms with Crippen molar-refractivity contribution >= 4 is 11.9 Å². The molecule has 0 bridgehead atoms. The van der Waals surface area contributed by atoms with Gasteiger partial charge in [-0.2, -0.15) is 0 Å². The minimum Gasteiger partial charge on any atom is -0.454 e. The van der Waals surface area contributed by atoms with Crippen LogP contribution in [-0.4, -0.2) is 18.7 Å². The number of benzene rings is 3. The number of esters is 1. The molecular formula is C26H21NO5. The molecule has 3 aromatic carbocycles. The molecule has 0 aromatic heterocycles. The number of carbonyl (C=O) groups excluding carboxylic acids is 2. The van der Waals surface area contributed by atoms with Gasteiger partial charge in [-0.1, -0.05) is 36.4 Å². The van der Waals surface area contributed by atoms with Crippen molar-refractivity contribution in [2.75, 3.05) is 6.79 Å². The molecule has 2 heterocycles. The van der Waals surface area contributed by atoms with Gasteiger partial charge in [-0.15, -0.1) is 0 Å². The molecule has 3 aliphatic rings. The molecule has 1 amide bonds. The summed E-state index contributed by atoms with van der Waals surface area (Å²) in [4.78, 5) is 25.7. The normalized spacial score (nSPS) is 19.6. The van der Waals surface area contributed by atoms with Crippen molar-refractivity contribution in [3.05, 3.63) is 94.5 Å². The fraction of sp³-hybridized carbons (Fsp3) is 0.231.